The Bertz CT molecular complexity index is 388. The molecule has 3 nitrogen and oxygen atoms in total. The summed E-state index contributed by atoms with van der Waals surface area (Å²) in [5, 5.41) is 12.5. The van der Waals surface area contributed by atoms with Crippen molar-refractivity contribution in [3.8, 4) is 5.75 Å². The fourth-order valence-corrected chi connectivity index (χ4v) is 2.00. The summed E-state index contributed by atoms with van der Waals surface area (Å²) < 4.78 is 5.48. The second kappa shape index (κ2) is 5.07. The van der Waals surface area contributed by atoms with Crippen molar-refractivity contribution in [2.24, 2.45) is 0 Å². The third-order valence-electron chi connectivity index (χ3n) is 3.17. The Morgan fingerprint density at radius 2 is 2.24 bits per heavy atom. The van der Waals surface area contributed by atoms with Gasteiger partial charge in [0.1, 0.15) is 5.75 Å². The van der Waals surface area contributed by atoms with Gasteiger partial charge in [-0.1, -0.05) is 12.1 Å². The topological polar surface area (TPSA) is 41.5 Å². The van der Waals surface area contributed by atoms with Gasteiger partial charge in [0.25, 0.3) is 0 Å². The minimum Gasteiger partial charge on any atom is -0.493 e. The number of aliphatic hydroxyl groups is 1. The average molecular weight is 235 g/mol. The Balaban J connectivity index is 1.88. The lowest BCUT2D eigenvalue weighted by atomic mass is 10.0. The van der Waals surface area contributed by atoms with Gasteiger partial charge in [0, 0.05) is 12.0 Å². The SMILES string of the molecule is CC(C)(CO)NCCc1ccc2c(c1)CCO2. The Morgan fingerprint density at radius 1 is 1.41 bits per heavy atom. The molecule has 1 aliphatic heterocycles. The maximum atomic E-state index is 9.14. The van der Waals surface area contributed by atoms with E-state index in [-0.39, 0.29) is 12.1 Å². The van der Waals surface area contributed by atoms with Crippen LogP contribution < -0.4 is 10.1 Å². The van der Waals surface area contributed by atoms with Crippen molar-refractivity contribution in [2.75, 3.05) is 19.8 Å². The van der Waals surface area contributed by atoms with Crippen LogP contribution in [0.5, 0.6) is 5.75 Å². The summed E-state index contributed by atoms with van der Waals surface area (Å²) in [5.41, 5.74) is 2.46. The predicted octanol–water partition coefficient (Wildman–Crippen LogP) is 1.52. The fourth-order valence-electron chi connectivity index (χ4n) is 2.00. The number of nitrogens with one attached hydrogen (secondary N) is 1. The van der Waals surface area contributed by atoms with E-state index in [1.165, 1.54) is 11.1 Å². The van der Waals surface area contributed by atoms with Crippen molar-refractivity contribution in [2.45, 2.75) is 32.2 Å². The molecule has 17 heavy (non-hydrogen) atoms. The minimum absolute atomic E-state index is 0.158. The van der Waals surface area contributed by atoms with E-state index >= 15 is 0 Å². The fraction of sp³-hybridized carbons (Fsp3) is 0.571. The van der Waals surface area contributed by atoms with Crippen LogP contribution in [0.4, 0.5) is 0 Å². The normalized spacial score (nSPS) is 14.5. The zero-order valence-electron chi connectivity index (χ0n) is 10.6. The van der Waals surface area contributed by atoms with Gasteiger partial charge in [0.2, 0.25) is 0 Å². The molecule has 0 unspecified atom stereocenters. The van der Waals surface area contributed by atoms with Crippen LogP contribution in [-0.2, 0) is 12.8 Å². The number of rotatable bonds is 5. The van der Waals surface area contributed by atoms with Gasteiger partial charge in [-0.05, 0) is 44.0 Å². The quantitative estimate of drug-likeness (QED) is 0.813. The predicted molar refractivity (Wildman–Crippen MR) is 68.5 cm³/mol. The van der Waals surface area contributed by atoms with Crippen LogP contribution in [0, 0.1) is 0 Å². The molecule has 0 saturated heterocycles. The Kier molecular flexibility index (Phi) is 3.69. The van der Waals surface area contributed by atoms with E-state index in [9.17, 15) is 0 Å². The summed E-state index contributed by atoms with van der Waals surface area (Å²) in [7, 11) is 0. The van der Waals surface area contributed by atoms with Crippen LogP contribution in [0.25, 0.3) is 0 Å². The summed E-state index contributed by atoms with van der Waals surface area (Å²) in [5.74, 6) is 1.04. The van der Waals surface area contributed by atoms with Crippen molar-refractivity contribution in [3.05, 3.63) is 29.3 Å². The molecule has 0 radical (unpaired) electrons. The molecule has 1 aromatic rings. The van der Waals surface area contributed by atoms with Gasteiger partial charge in [-0.15, -0.1) is 0 Å². The van der Waals surface area contributed by atoms with Crippen molar-refractivity contribution in [1.29, 1.82) is 0 Å². The molecule has 0 atom stereocenters. The molecule has 0 aromatic heterocycles. The summed E-state index contributed by atoms with van der Waals surface area (Å²) in [6.45, 7) is 5.86. The number of aliphatic hydroxyl groups excluding tert-OH is 1. The first-order valence-electron chi connectivity index (χ1n) is 6.21. The van der Waals surface area contributed by atoms with Gasteiger partial charge in [-0.3, -0.25) is 0 Å². The maximum absolute atomic E-state index is 9.14. The van der Waals surface area contributed by atoms with Crippen LogP contribution in [0.3, 0.4) is 0 Å². The summed E-state index contributed by atoms with van der Waals surface area (Å²) >= 11 is 0. The third kappa shape index (κ3) is 3.20. The van der Waals surface area contributed by atoms with Gasteiger partial charge in [-0.25, -0.2) is 0 Å². The van der Waals surface area contributed by atoms with Gasteiger partial charge < -0.3 is 15.2 Å². The zero-order valence-corrected chi connectivity index (χ0v) is 10.6. The molecule has 94 valence electrons. The third-order valence-corrected chi connectivity index (χ3v) is 3.17. The Hall–Kier alpha value is -1.06. The average Bonchev–Trinajstić information content (AvgIpc) is 2.76. The lowest BCUT2D eigenvalue weighted by Gasteiger charge is -2.23. The van der Waals surface area contributed by atoms with Crippen LogP contribution in [-0.4, -0.2) is 30.4 Å². The van der Waals surface area contributed by atoms with Crippen molar-refractivity contribution >= 4 is 0 Å². The standard InChI is InChI=1S/C14H21NO2/c1-14(2,10-16)15-7-5-11-3-4-13-12(9-11)6-8-17-13/h3-4,9,15-16H,5-8,10H2,1-2H3. The molecule has 0 saturated carbocycles. The molecule has 0 spiro atoms. The maximum Gasteiger partial charge on any atom is 0.122 e. The number of benzene rings is 1. The summed E-state index contributed by atoms with van der Waals surface area (Å²) in [4.78, 5) is 0. The molecule has 0 bridgehead atoms. The van der Waals surface area contributed by atoms with Crippen LogP contribution in [0.1, 0.15) is 25.0 Å². The Labute approximate surface area is 103 Å². The van der Waals surface area contributed by atoms with E-state index in [1.807, 2.05) is 13.8 Å². The van der Waals surface area contributed by atoms with E-state index in [0.717, 1.165) is 31.7 Å². The van der Waals surface area contributed by atoms with Crippen molar-refractivity contribution in [1.82, 2.24) is 5.32 Å². The molecule has 1 aromatic carbocycles. The van der Waals surface area contributed by atoms with E-state index < -0.39 is 0 Å². The highest BCUT2D eigenvalue weighted by atomic mass is 16.5. The molecule has 1 heterocycles. The summed E-state index contributed by atoms with van der Waals surface area (Å²) in [6, 6.07) is 6.42. The second-order valence-corrected chi connectivity index (χ2v) is 5.26. The largest absolute Gasteiger partial charge is 0.493 e. The highest BCUT2D eigenvalue weighted by molar-refractivity contribution is 5.39. The monoisotopic (exact) mass is 235 g/mol. The number of ether oxygens (including phenoxy) is 1. The first kappa shape index (κ1) is 12.4. The van der Waals surface area contributed by atoms with Crippen LogP contribution >= 0.6 is 0 Å². The lowest BCUT2D eigenvalue weighted by Crippen LogP contribution is -2.43. The Morgan fingerprint density at radius 3 is 3.00 bits per heavy atom. The zero-order chi connectivity index (χ0) is 12.3. The lowest BCUT2D eigenvalue weighted by molar-refractivity contribution is 0.189. The smallest absolute Gasteiger partial charge is 0.122 e. The second-order valence-electron chi connectivity index (χ2n) is 5.26. The highest BCUT2D eigenvalue weighted by Gasteiger charge is 2.15. The molecular formula is C14H21NO2. The summed E-state index contributed by atoms with van der Waals surface area (Å²) in [6.07, 6.45) is 2.01. The van der Waals surface area contributed by atoms with Crippen molar-refractivity contribution < 1.29 is 9.84 Å². The van der Waals surface area contributed by atoms with E-state index in [1.54, 1.807) is 0 Å². The molecule has 0 amide bonds. The minimum atomic E-state index is -0.195. The number of fused-ring (bicyclic) bond motifs is 1. The molecule has 2 rings (SSSR count). The molecule has 2 N–H and O–H groups in total. The molecule has 0 fully saturated rings. The van der Waals surface area contributed by atoms with E-state index in [0.29, 0.717) is 0 Å². The molecule has 0 aliphatic carbocycles. The van der Waals surface area contributed by atoms with Gasteiger partial charge in [0.15, 0.2) is 0 Å². The number of hydrogen-bond acceptors (Lipinski definition) is 3. The first-order valence-corrected chi connectivity index (χ1v) is 6.21. The van der Waals surface area contributed by atoms with Gasteiger partial charge in [-0.2, -0.15) is 0 Å². The van der Waals surface area contributed by atoms with Gasteiger partial charge in [0.05, 0.1) is 13.2 Å². The number of hydrogen-bond donors (Lipinski definition) is 2. The van der Waals surface area contributed by atoms with Gasteiger partial charge >= 0.3 is 0 Å². The van der Waals surface area contributed by atoms with Crippen molar-refractivity contribution in [3.63, 3.8) is 0 Å². The first-order chi connectivity index (χ1) is 8.11. The van der Waals surface area contributed by atoms with Crippen LogP contribution in [0.15, 0.2) is 18.2 Å². The van der Waals surface area contributed by atoms with E-state index in [4.69, 9.17) is 9.84 Å². The molecule has 1 aliphatic rings. The molecule has 3 heteroatoms. The van der Waals surface area contributed by atoms with Crippen LogP contribution in [0.2, 0.25) is 0 Å². The highest BCUT2D eigenvalue weighted by Crippen LogP contribution is 2.25. The molecular weight excluding hydrogens is 214 g/mol. The van der Waals surface area contributed by atoms with E-state index in [2.05, 4.69) is 23.5 Å².